The van der Waals surface area contributed by atoms with Crippen molar-refractivity contribution >= 4 is 11.6 Å². The average Bonchev–Trinajstić information content (AvgIpc) is 2.64. The largest absolute Gasteiger partial charge is 0.493 e. The number of methoxy groups -OCH3 is 1. The van der Waals surface area contributed by atoms with Gasteiger partial charge in [-0.3, -0.25) is 4.98 Å². The summed E-state index contributed by atoms with van der Waals surface area (Å²) in [4.78, 5) is 4.19. The third kappa shape index (κ3) is 4.59. The fourth-order valence-corrected chi connectivity index (χ4v) is 2.08. The summed E-state index contributed by atoms with van der Waals surface area (Å²) in [5.74, 6) is 1.20. The minimum Gasteiger partial charge on any atom is -0.493 e. The van der Waals surface area contributed by atoms with Crippen LogP contribution >= 0.6 is 0 Å². The van der Waals surface area contributed by atoms with Gasteiger partial charge in [-0.05, 0) is 42.3 Å². The summed E-state index contributed by atoms with van der Waals surface area (Å²) in [7, 11) is 1.57. The van der Waals surface area contributed by atoms with E-state index in [0.717, 1.165) is 5.56 Å². The summed E-state index contributed by atoms with van der Waals surface area (Å²) in [5, 5.41) is 17.9. The van der Waals surface area contributed by atoms with Crippen LogP contribution in [0.15, 0.2) is 42.6 Å². The van der Waals surface area contributed by atoms with Crippen molar-refractivity contribution in [2.45, 2.75) is 12.8 Å². The second-order valence-electron chi connectivity index (χ2n) is 4.91. The van der Waals surface area contributed by atoms with Crippen molar-refractivity contribution in [3.8, 4) is 23.6 Å². The SMILES string of the molecule is COc1ccc(/C=C(\C#N)c2ccccn2)cc1OCCCC#N. The molecule has 1 aromatic carbocycles. The van der Waals surface area contributed by atoms with Crippen LogP contribution in [0.25, 0.3) is 11.6 Å². The van der Waals surface area contributed by atoms with Gasteiger partial charge >= 0.3 is 0 Å². The van der Waals surface area contributed by atoms with E-state index in [-0.39, 0.29) is 0 Å². The maximum atomic E-state index is 9.37. The zero-order valence-electron chi connectivity index (χ0n) is 13.4. The maximum absolute atomic E-state index is 9.37. The highest BCUT2D eigenvalue weighted by Crippen LogP contribution is 2.29. The van der Waals surface area contributed by atoms with Crippen molar-refractivity contribution in [2.24, 2.45) is 0 Å². The number of allylic oxidation sites excluding steroid dienone is 1. The number of benzene rings is 1. The molecule has 0 unspecified atom stereocenters. The third-order valence-electron chi connectivity index (χ3n) is 3.25. The lowest BCUT2D eigenvalue weighted by Gasteiger charge is -2.11. The van der Waals surface area contributed by atoms with E-state index in [1.807, 2.05) is 18.2 Å². The van der Waals surface area contributed by atoms with Crippen molar-refractivity contribution in [2.75, 3.05) is 13.7 Å². The van der Waals surface area contributed by atoms with Gasteiger partial charge in [0.05, 0.1) is 31.1 Å². The van der Waals surface area contributed by atoms with E-state index in [1.165, 1.54) is 0 Å². The van der Waals surface area contributed by atoms with Gasteiger partial charge in [-0.25, -0.2) is 0 Å². The summed E-state index contributed by atoms with van der Waals surface area (Å²) < 4.78 is 11.0. The van der Waals surface area contributed by atoms with Gasteiger partial charge in [0, 0.05) is 12.6 Å². The van der Waals surface area contributed by atoms with Crippen LogP contribution in [0, 0.1) is 22.7 Å². The lowest BCUT2D eigenvalue weighted by atomic mass is 10.1. The van der Waals surface area contributed by atoms with E-state index in [4.69, 9.17) is 14.7 Å². The summed E-state index contributed by atoms with van der Waals surface area (Å²) in [6, 6.07) is 15.1. The molecule has 0 bridgehead atoms. The fourth-order valence-electron chi connectivity index (χ4n) is 2.08. The van der Waals surface area contributed by atoms with Gasteiger partial charge in [0.15, 0.2) is 11.5 Å². The number of unbranched alkanes of at least 4 members (excludes halogenated alkanes) is 1. The molecule has 120 valence electrons. The molecule has 2 rings (SSSR count). The van der Waals surface area contributed by atoms with Crippen LogP contribution in [-0.4, -0.2) is 18.7 Å². The summed E-state index contributed by atoms with van der Waals surface area (Å²) in [5.41, 5.74) is 1.90. The van der Waals surface area contributed by atoms with Crippen molar-refractivity contribution in [1.82, 2.24) is 4.98 Å². The minimum atomic E-state index is 0.433. The molecule has 0 N–H and O–H groups in total. The topological polar surface area (TPSA) is 78.9 Å². The Hall–Kier alpha value is -3.31. The minimum absolute atomic E-state index is 0.433. The first-order valence-corrected chi connectivity index (χ1v) is 7.49. The zero-order chi connectivity index (χ0) is 17.2. The Kier molecular flexibility index (Phi) is 6.37. The van der Waals surface area contributed by atoms with Gasteiger partial charge in [0.25, 0.3) is 0 Å². The normalized spacial score (nSPS) is 10.5. The number of nitriles is 2. The number of aromatic nitrogens is 1. The first kappa shape index (κ1) is 17.1. The predicted molar refractivity (Wildman–Crippen MR) is 91.1 cm³/mol. The lowest BCUT2D eigenvalue weighted by Crippen LogP contribution is -1.99. The Morgan fingerprint density at radius 2 is 2.08 bits per heavy atom. The number of ether oxygens (including phenoxy) is 2. The van der Waals surface area contributed by atoms with E-state index < -0.39 is 0 Å². The Labute approximate surface area is 141 Å². The molecule has 5 nitrogen and oxygen atoms in total. The highest BCUT2D eigenvalue weighted by atomic mass is 16.5. The molecule has 0 saturated carbocycles. The summed E-state index contributed by atoms with van der Waals surface area (Å²) in [6.45, 7) is 0.433. The highest BCUT2D eigenvalue weighted by Gasteiger charge is 2.07. The van der Waals surface area contributed by atoms with Crippen LogP contribution in [0.4, 0.5) is 0 Å². The maximum Gasteiger partial charge on any atom is 0.161 e. The van der Waals surface area contributed by atoms with Crippen LogP contribution in [0.5, 0.6) is 11.5 Å². The van der Waals surface area contributed by atoms with Crippen molar-refractivity contribution < 1.29 is 9.47 Å². The van der Waals surface area contributed by atoms with E-state index in [9.17, 15) is 5.26 Å². The first-order valence-electron chi connectivity index (χ1n) is 7.49. The van der Waals surface area contributed by atoms with Crippen LogP contribution in [0.2, 0.25) is 0 Å². The molecule has 5 heteroatoms. The predicted octanol–water partition coefficient (Wildman–Crippen LogP) is 3.84. The molecule has 0 amide bonds. The molecule has 0 aliphatic rings. The summed E-state index contributed by atoms with van der Waals surface area (Å²) in [6.07, 6.45) is 4.50. The van der Waals surface area contributed by atoms with Crippen molar-refractivity contribution in [3.63, 3.8) is 0 Å². The van der Waals surface area contributed by atoms with Gasteiger partial charge in [-0.15, -0.1) is 0 Å². The van der Waals surface area contributed by atoms with E-state index in [0.29, 0.717) is 42.2 Å². The quantitative estimate of drug-likeness (QED) is 0.572. The van der Waals surface area contributed by atoms with Crippen LogP contribution < -0.4 is 9.47 Å². The molecule has 0 saturated heterocycles. The molecule has 24 heavy (non-hydrogen) atoms. The number of hydrogen-bond donors (Lipinski definition) is 0. The Morgan fingerprint density at radius 1 is 1.21 bits per heavy atom. The zero-order valence-corrected chi connectivity index (χ0v) is 13.4. The smallest absolute Gasteiger partial charge is 0.161 e. The van der Waals surface area contributed by atoms with Gasteiger partial charge in [-0.1, -0.05) is 12.1 Å². The van der Waals surface area contributed by atoms with Crippen LogP contribution in [-0.2, 0) is 0 Å². The Morgan fingerprint density at radius 3 is 2.75 bits per heavy atom. The second-order valence-corrected chi connectivity index (χ2v) is 4.91. The fraction of sp³-hybridized carbons (Fsp3) is 0.211. The molecular formula is C19H17N3O2. The molecular weight excluding hydrogens is 302 g/mol. The van der Waals surface area contributed by atoms with Gasteiger partial charge in [0.2, 0.25) is 0 Å². The van der Waals surface area contributed by atoms with Crippen LogP contribution in [0.3, 0.4) is 0 Å². The monoisotopic (exact) mass is 319 g/mol. The average molecular weight is 319 g/mol. The number of nitrogens with zero attached hydrogens (tertiary/aromatic N) is 3. The van der Waals surface area contributed by atoms with E-state index in [2.05, 4.69) is 17.1 Å². The molecule has 0 fully saturated rings. The molecule has 0 spiro atoms. The molecule has 0 aliphatic heterocycles. The molecule has 1 aromatic heterocycles. The molecule has 2 aromatic rings. The molecule has 0 radical (unpaired) electrons. The number of pyridine rings is 1. The molecule has 0 aliphatic carbocycles. The molecule has 1 heterocycles. The van der Waals surface area contributed by atoms with Crippen molar-refractivity contribution in [1.29, 1.82) is 10.5 Å². The van der Waals surface area contributed by atoms with Gasteiger partial charge in [0.1, 0.15) is 6.07 Å². The van der Waals surface area contributed by atoms with Gasteiger partial charge < -0.3 is 9.47 Å². The molecule has 0 atom stereocenters. The van der Waals surface area contributed by atoms with E-state index in [1.54, 1.807) is 37.6 Å². The highest BCUT2D eigenvalue weighted by molar-refractivity contribution is 5.88. The van der Waals surface area contributed by atoms with Crippen molar-refractivity contribution in [3.05, 3.63) is 53.9 Å². The first-order chi connectivity index (χ1) is 11.8. The van der Waals surface area contributed by atoms with Gasteiger partial charge in [-0.2, -0.15) is 10.5 Å². The standard InChI is InChI=1S/C19H17N3O2/c1-23-18-8-7-15(13-19(18)24-11-5-3-9-20)12-16(14-21)17-6-2-4-10-22-17/h2,4,6-8,10,12-13H,3,5,11H2,1H3/b16-12+. The Balaban J connectivity index is 2.25. The summed E-state index contributed by atoms with van der Waals surface area (Å²) >= 11 is 0. The lowest BCUT2D eigenvalue weighted by molar-refractivity contribution is 0.290. The number of rotatable bonds is 7. The second kappa shape index (κ2) is 8.97. The third-order valence-corrected chi connectivity index (χ3v) is 3.25. The number of hydrogen-bond acceptors (Lipinski definition) is 5. The Bertz CT molecular complexity index is 786. The van der Waals surface area contributed by atoms with Crippen LogP contribution in [0.1, 0.15) is 24.1 Å². The van der Waals surface area contributed by atoms with E-state index >= 15 is 0 Å².